The highest BCUT2D eigenvalue weighted by molar-refractivity contribution is 7.99. The molecular weight excluding hydrogens is 208 g/mol. The van der Waals surface area contributed by atoms with Gasteiger partial charge in [-0.15, -0.1) is 0 Å². The predicted octanol–water partition coefficient (Wildman–Crippen LogP) is 2.31. The predicted molar refractivity (Wildman–Crippen MR) is 62.6 cm³/mol. The van der Waals surface area contributed by atoms with E-state index in [2.05, 4.69) is 0 Å². The lowest BCUT2D eigenvalue weighted by molar-refractivity contribution is 0.0519. The van der Waals surface area contributed by atoms with Gasteiger partial charge in [0.25, 0.3) is 0 Å². The summed E-state index contributed by atoms with van der Waals surface area (Å²) in [7, 11) is 0. The van der Waals surface area contributed by atoms with Gasteiger partial charge in [0.2, 0.25) is 0 Å². The van der Waals surface area contributed by atoms with Gasteiger partial charge in [-0.3, -0.25) is 4.79 Å². The monoisotopic (exact) mass is 222 g/mol. The summed E-state index contributed by atoms with van der Waals surface area (Å²) in [5.41, 5.74) is 1.88. The van der Waals surface area contributed by atoms with Crippen LogP contribution in [0.5, 0.6) is 0 Å². The van der Waals surface area contributed by atoms with Crippen molar-refractivity contribution in [2.75, 3.05) is 18.1 Å². The number of Topliss-reactive ketones (excluding diaryl/α,β-unsaturated/α-hetero) is 1. The summed E-state index contributed by atoms with van der Waals surface area (Å²) in [5, 5.41) is 0. The maximum absolute atomic E-state index is 12.0. The van der Waals surface area contributed by atoms with Crippen LogP contribution >= 0.6 is 11.8 Å². The first-order valence-electron chi connectivity index (χ1n) is 5.07. The molecule has 0 bridgehead atoms. The van der Waals surface area contributed by atoms with Crippen molar-refractivity contribution in [3.8, 4) is 0 Å². The topological polar surface area (TPSA) is 26.3 Å². The molecule has 0 aromatic heterocycles. The van der Waals surface area contributed by atoms with Crippen molar-refractivity contribution in [1.82, 2.24) is 0 Å². The first-order chi connectivity index (χ1) is 7.27. The SMILES string of the molecule is Cc1cccc(C(=O)C2CSCCO2)c1. The first kappa shape index (κ1) is 10.7. The zero-order valence-electron chi connectivity index (χ0n) is 8.73. The van der Waals surface area contributed by atoms with Crippen LogP contribution in [0, 0.1) is 6.92 Å². The van der Waals surface area contributed by atoms with Crippen molar-refractivity contribution in [3.63, 3.8) is 0 Å². The van der Waals surface area contributed by atoms with Crippen molar-refractivity contribution in [1.29, 1.82) is 0 Å². The van der Waals surface area contributed by atoms with E-state index in [0.717, 1.165) is 22.6 Å². The van der Waals surface area contributed by atoms with Gasteiger partial charge in [0.1, 0.15) is 6.10 Å². The molecule has 1 atom stereocenters. The van der Waals surface area contributed by atoms with Gasteiger partial charge in [0.15, 0.2) is 5.78 Å². The zero-order valence-corrected chi connectivity index (χ0v) is 9.55. The standard InChI is InChI=1S/C12H14O2S/c1-9-3-2-4-10(7-9)12(13)11-8-15-6-5-14-11/h2-4,7,11H,5-6,8H2,1H3. The largest absolute Gasteiger partial charge is 0.368 e. The normalized spacial score (nSPS) is 21.3. The fourth-order valence-electron chi connectivity index (χ4n) is 1.62. The Morgan fingerprint density at radius 3 is 3.07 bits per heavy atom. The van der Waals surface area contributed by atoms with E-state index in [1.807, 2.05) is 31.2 Å². The summed E-state index contributed by atoms with van der Waals surface area (Å²) in [5.74, 6) is 1.90. The lowest BCUT2D eigenvalue weighted by Gasteiger charge is -2.21. The number of thioether (sulfide) groups is 1. The molecule has 0 N–H and O–H groups in total. The molecule has 80 valence electrons. The third-order valence-electron chi connectivity index (χ3n) is 2.41. The Balaban J connectivity index is 2.12. The Bertz CT molecular complexity index is 356. The molecule has 0 aliphatic carbocycles. The third-order valence-corrected chi connectivity index (χ3v) is 3.40. The number of rotatable bonds is 2. The first-order valence-corrected chi connectivity index (χ1v) is 6.23. The Hall–Kier alpha value is -0.800. The average molecular weight is 222 g/mol. The minimum atomic E-state index is -0.245. The van der Waals surface area contributed by atoms with Crippen molar-refractivity contribution in [2.45, 2.75) is 13.0 Å². The van der Waals surface area contributed by atoms with Crippen LogP contribution in [0.15, 0.2) is 24.3 Å². The minimum absolute atomic E-state index is 0.117. The number of ether oxygens (including phenoxy) is 1. The van der Waals surface area contributed by atoms with E-state index in [1.54, 1.807) is 11.8 Å². The van der Waals surface area contributed by atoms with Gasteiger partial charge in [0.05, 0.1) is 6.61 Å². The van der Waals surface area contributed by atoms with Crippen LogP contribution < -0.4 is 0 Å². The molecule has 1 heterocycles. The summed E-state index contributed by atoms with van der Waals surface area (Å²) in [6.45, 7) is 2.68. The maximum Gasteiger partial charge on any atom is 0.192 e. The van der Waals surface area contributed by atoms with Crippen LogP contribution in [0.4, 0.5) is 0 Å². The summed E-state index contributed by atoms with van der Waals surface area (Å²) in [4.78, 5) is 12.0. The van der Waals surface area contributed by atoms with Crippen LogP contribution in [-0.2, 0) is 4.74 Å². The number of benzene rings is 1. The second-order valence-corrected chi connectivity index (χ2v) is 4.82. The Morgan fingerprint density at radius 2 is 2.40 bits per heavy atom. The third kappa shape index (κ3) is 2.61. The van der Waals surface area contributed by atoms with Crippen molar-refractivity contribution >= 4 is 17.5 Å². The molecule has 1 unspecified atom stereocenters. The van der Waals surface area contributed by atoms with Gasteiger partial charge in [-0.05, 0) is 13.0 Å². The van der Waals surface area contributed by atoms with E-state index in [1.165, 1.54) is 0 Å². The second-order valence-electron chi connectivity index (χ2n) is 3.67. The Kier molecular flexibility index (Phi) is 3.44. The molecule has 15 heavy (non-hydrogen) atoms. The Morgan fingerprint density at radius 1 is 1.53 bits per heavy atom. The molecule has 1 fully saturated rings. The molecule has 1 aliphatic rings. The van der Waals surface area contributed by atoms with Crippen molar-refractivity contribution in [3.05, 3.63) is 35.4 Å². The average Bonchev–Trinajstić information content (AvgIpc) is 2.29. The highest BCUT2D eigenvalue weighted by Gasteiger charge is 2.23. The smallest absolute Gasteiger partial charge is 0.192 e. The van der Waals surface area contributed by atoms with E-state index in [-0.39, 0.29) is 11.9 Å². The maximum atomic E-state index is 12.0. The van der Waals surface area contributed by atoms with Crippen LogP contribution in [0.3, 0.4) is 0 Å². The fourth-order valence-corrected chi connectivity index (χ4v) is 2.47. The lowest BCUT2D eigenvalue weighted by atomic mass is 10.0. The molecule has 1 saturated heterocycles. The number of hydrogen-bond donors (Lipinski definition) is 0. The molecule has 0 spiro atoms. The molecule has 0 saturated carbocycles. The number of aryl methyl sites for hydroxylation is 1. The van der Waals surface area contributed by atoms with E-state index in [4.69, 9.17) is 4.74 Å². The van der Waals surface area contributed by atoms with Crippen molar-refractivity contribution in [2.24, 2.45) is 0 Å². The second kappa shape index (κ2) is 4.81. The van der Waals surface area contributed by atoms with E-state index in [0.29, 0.717) is 6.61 Å². The molecule has 1 aromatic rings. The zero-order chi connectivity index (χ0) is 10.7. The highest BCUT2D eigenvalue weighted by Crippen LogP contribution is 2.17. The summed E-state index contributed by atoms with van der Waals surface area (Å²) < 4.78 is 5.46. The minimum Gasteiger partial charge on any atom is -0.368 e. The number of ketones is 1. The van der Waals surface area contributed by atoms with Gasteiger partial charge in [0, 0.05) is 17.1 Å². The quantitative estimate of drug-likeness (QED) is 0.718. The number of hydrogen-bond acceptors (Lipinski definition) is 3. The molecule has 2 rings (SSSR count). The van der Waals surface area contributed by atoms with E-state index >= 15 is 0 Å². The van der Waals surface area contributed by atoms with Crippen molar-refractivity contribution < 1.29 is 9.53 Å². The van der Waals surface area contributed by atoms with Crippen LogP contribution in [0.1, 0.15) is 15.9 Å². The summed E-state index contributed by atoms with van der Waals surface area (Å²) in [6, 6.07) is 7.69. The number of carbonyl (C=O) groups is 1. The van der Waals surface area contributed by atoms with Crippen LogP contribution in [-0.4, -0.2) is 30.0 Å². The van der Waals surface area contributed by atoms with Gasteiger partial charge >= 0.3 is 0 Å². The molecule has 0 amide bonds. The van der Waals surface area contributed by atoms with E-state index in [9.17, 15) is 4.79 Å². The fraction of sp³-hybridized carbons (Fsp3) is 0.417. The molecule has 1 aromatic carbocycles. The van der Waals surface area contributed by atoms with Crippen LogP contribution in [0.25, 0.3) is 0 Å². The van der Waals surface area contributed by atoms with E-state index < -0.39 is 0 Å². The molecule has 1 aliphatic heterocycles. The van der Waals surface area contributed by atoms with Gasteiger partial charge in [-0.25, -0.2) is 0 Å². The molecule has 0 radical (unpaired) electrons. The molecule has 2 nitrogen and oxygen atoms in total. The van der Waals surface area contributed by atoms with Gasteiger partial charge in [-0.1, -0.05) is 23.8 Å². The highest BCUT2D eigenvalue weighted by atomic mass is 32.2. The summed E-state index contributed by atoms with van der Waals surface area (Å²) >= 11 is 1.78. The Labute approximate surface area is 94.0 Å². The molecule has 3 heteroatoms. The van der Waals surface area contributed by atoms with Gasteiger partial charge in [-0.2, -0.15) is 11.8 Å². The lowest BCUT2D eigenvalue weighted by Crippen LogP contribution is -2.31. The van der Waals surface area contributed by atoms with Gasteiger partial charge < -0.3 is 4.74 Å². The molecular formula is C12H14O2S. The van der Waals surface area contributed by atoms with Crippen LogP contribution in [0.2, 0.25) is 0 Å². The number of carbonyl (C=O) groups excluding carboxylic acids is 1. The summed E-state index contributed by atoms with van der Waals surface area (Å²) in [6.07, 6.45) is -0.245.